The van der Waals surface area contributed by atoms with Gasteiger partial charge in [-0.1, -0.05) is 0 Å². The van der Waals surface area contributed by atoms with Crippen LogP contribution in [0.15, 0.2) is 35.4 Å². The van der Waals surface area contributed by atoms with Crippen molar-refractivity contribution in [1.29, 1.82) is 0 Å². The molecule has 2 aromatic heterocycles. The van der Waals surface area contributed by atoms with Gasteiger partial charge in [-0.05, 0) is 32.0 Å². The van der Waals surface area contributed by atoms with Gasteiger partial charge in [0.05, 0.1) is 0 Å². The fourth-order valence-corrected chi connectivity index (χ4v) is 5.26. The monoisotopic (exact) mass is 519 g/mol. The Morgan fingerprint density at radius 3 is 2.59 bits per heavy atom. The number of ketones is 1. The number of ether oxygens (including phenoxy) is 2. The molecular weight excluding hydrogens is 502 g/mol. The second kappa shape index (κ2) is 7.17. The van der Waals surface area contributed by atoms with Gasteiger partial charge in [0.1, 0.15) is 34.7 Å². The summed E-state index contributed by atoms with van der Waals surface area (Å²) in [4.78, 5) is 44.7. The molecule has 0 spiro atoms. The lowest BCUT2D eigenvalue weighted by Crippen LogP contribution is -2.48. The van der Waals surface area contributed by atoms with Gasteiger partial charge in [-0.3, -0.25) is 14.4 Å². The number of halogens is 4. The Morgan fingerprint density at radius 2 is 1.92 bits per heavy atom. The van der Waals surface area contributed by atoms with E-state index >= 15 is 0 Å². The number of nitrogens with zero attached hydrogens (tertiary/aromatic N) is 5. The third kappa shape index (κ3) is 3.13. The molecule has 2 atom stereocenters. The number of amides is 1. The number of Topliss-reactive ketones (excluding diaryl/α,β-unsaturated/α-hetero) is 1. The number of fused-ring (bicyclic) bond motifs is 4. The van der Waals surface area contributed by atoms with Crippen LogP contribution in [-0.4, -0.2) is 61.0 Å². The SMILES string of the molecule is Cc1ncn(-c2ccc3n(c2=O)CCN(CC24C(=O)C2(C)Oc2cc(F)c(OC(F)(F)F)cc24)C3=O)n1. The van der Waals surface area contributed by atoms with Crippen LogP contribution in [0.4, 0.5) is 17.6 Å². The molecule has 1 saturated carbocycles. The Kier molecular flexibility index (Phi) is 4.49. The fourth-order valence-electron chi connectivity index (χ4n) is 5.26. The largest absolute Gasteiger partial charge is 0.573 e. The molecule has 10 nitrogen and oxygen atoms in total. The highest BCUT2D eigenvalue weighted by molar-refractivity contribution is 6.19. The molecular formula is C23H17F4N5O5. The first-order valence-electron chi connectivity index (χ1n) is 11.1. The molecule has 1 fully saturated rings. The molecule has 1 amide bonds. The summed E-state index contributed by atoms with van der Waals surface area (Å²) in [5, 5.41) is 4.12. The molecule has 1 aromatic carbocycles. The zero-order valence-corrected chi connectivity index (χ0v) is 19.3. The predicted molar refractivity (Wildman–Crippen MR) is 115 cm³/mol. The summed E-state index contributed by atoms with van der Waals surface area (Å²) in [6.07, 6.45) is -3.77. The fraction of sp³-hybridized carbons (Fsp3) is 0.348. The van der Waals surface area contributed by atoms with Gasteiger partial charge in [0, 0.05) is 31.3 Å². The first-order valence-corrected chi connectivity index (χ1v) is 11.1. The highest BCUT2D eigenvalue weighted by Crippen LogP contribution is 2.64. The molecule has 0 N–H and O–H groups in total. The van der Waals surface area contributed by atoms with E-state index in [1.54, 1.807) is 6.92 Å². The Morgan fingerprint density at radius 1 is 1.16 bits per heavy atom. The average Bonchev–Trinajstić information content (AvgIpc) is 3.11. The van der Waals surface area contributed by atoms with Crippen molar-refractivity contribution < 1.29 is 36.6 Å². The highest BCUT2D eigenvalue weighted by Gasteiger charge is 2.82. The number of pyridine rings is 1. The van der Waals surface area contributed by atoms with Gasteiger partial charge in [-0.2, -0.15) is 5.10 Å². The molecule has 0 bridgehead atoms. The first-order chi connectivity index (χ1) is 17.4. The average molecular weight is 519 g/mol. The highest BCUT2D eigenvalue weighted by atomic mass is 19.4. The maximum Gasteiger partial charge on any atom is 0.573 e. The van der Waals surface area contributed by atoms with E-state index < -0.39 is 46.2 Å². The minimum Gasteiger partial charge on any atom is -0.478 e. The summed E-state index contributed by atoms with van der Waals surface area (Å²) >= 11 is 0. The summed E-state index contributed by atoms with van der Waals surface area (Å²) in [6.45, 7) is 3.01. The van der Waals surface area contributed by atoms with Crippen LogP contribution in [0.2, 0.25) is 0 Å². The molecule has 2 unspecified atom stereocenters. The number of hydrogen-bond acceptors (Lipinski definition) is 7. The minimum atomic E-state index is -5.15. The van der Waals surface area contributed by atoms with Crippen LogP contribution in [-0.2, 0) is 16.8 Å². The number of rotatable bonds is 4. The summed E-state index contributed by atoms with van der Waals surface area (Å²) in [7, 11) is 0. The number of carbonyl (C=O) groups excluding carboxylic acids is 2. The van der Waals surface area contributed by atoms with Crippen molar-refractivity contribution in [2.24, 2.45) is 0 Å². The number of carbonyl (C=O) groups is 2. The van der Waals surface area contributed by atoms with E-state index in [2.05, 4.69) is 14.8 Å². The van der Waals surface area contributed by atoms with Crippen molar-refractivity contribution in [1.82, 2.24) is 24.2 Å². The predicted octanol–water partition coefficient (Wildman–Crippen LogP) is 1.90. The molecule has 1 aliphatic carbocycles. The van der Waals surface area contributed by atoms with Gasteiger partial charge in [0.15, 0.2) is 23.0 Å². The van der Waals surface area contributed by atoms with Crippen molar-refractivity contribution in [3.05, 3.63) is 63.8 Å². The van der Waals surface area contributed by atoms with Crippen LogP contribution in [0.5, 0.6) is 11.5 Å². The topological polar surface area (TPSA) is 109 Å². The van der Waals surface area contributed by atoms with E-state index in [9.17, 15) is 31.9 Å². The third-order valence-electron chi connectivity index (χ3n) is 7.14. The van der Waals surface area contributed by atoms with Crippen molar-refractivity contribution in [3.8, 4) is 17.2 Å². The normalized spacial score (nSPS) is 23.9. The van der Waals surface area contributed by atoms with Gasteiger partial charge < -0.3 is 18.9 Å². The van der Waals surface area contributed by atoms with Crippen LogP contribution in [0.1, 0.15) is 28.8 Å². The molecule has 4 heterocycles. The maximum atomic E-state index is 14.2. The molecule has 192 valence electrons. The zero-order chi connectivity index (χ0) is 26.5. The maximum absolute atomic E-state index is 14.2. The first kappa shape index (κ1) is 23.2. The van der Waals surface area contributed by atoms with Crippen molar-refractivity contribution in [2.45, 2.75) is 37.8 Å². The Labute approximate surface area is 205 Å². The summed E-state index contributed by atoms with van der Waals surface area (Å²) in [5.41, 5.74) is -3.16. The van der Waals surface area contributed by atoms with Gasteiger partial charge in [-0.15, -0.1) is 13.2 Å². The van der Waals surface area contributed by atoms with E-state index in [-0.39, 0.29) is 42.3 Å². The second-order valence-corrected chi connectivity index (χ2v) is 9.22. The van der Waals surface area contributed by atoms with Crippen molar-refractivity contribution >= 4 is 11.7 Å². The number of hydrogen-bond donors (Lipinski definition) is 0. The van der Waals surface area contributed by atoms with Gasteiger partial charge >= 0.3 is 6.36 Å². The Hall–Kier alpha value is -4.23. The van der Waals surface area contributed by atoms with Crippen molar-refractivity contribution in [3.63, 3.8) is 0 Å². The molecule has 0 saturated heterocycles. The minimum absolute atomic E-state index is 0.00770. The van der Waals surface area contributed by atoms with E-state index in [4.69, 9.17) is 4.74 Å². The molecule has 0 radical (unpaired) electrons. The van der Waals surface area contributed by atoms with Crippen LogP contribution in [0.25, 0.3) is 5.69 Å². The van der Waals surface area contributed by atoms with Crippen LogP contribution in [0.3, 0.4) is 0 Å². The van der Waals surface area contributed by atoms with E-state index in [0.717, 1.165) is 12.1 Å². The zero-order valence-electron chi connectivity index (χ0n) is 19.3. The lowest BCUT2D eigenvalue weighted by atomic mass is 9.91. The van der Waals surface area contributed by atoms with Crippen molar-refractivity contribution in [2.75, 3.05) is 13.1 Å². The smallest absolute Gasteiger partial charge is 0.478 e. The summed E-state index contributed by atoms with van der Waals surface area (Å²) in [6, 6.07) is 4.43. The number of aromatic nitrogens is 4. The Balaban J connectivity index is 1.34. The van der Waals surface area contributed by atoms with Crippen LogP contribution < -0.4 is 15.0 Å². The number of aryl methyl sites for hydroxylation is 1. The molecule has 37 heavy (non-hydrogen) atoms. The van der Waals surface area contributed by atoms with Crippen LogP contribution in [0, 0.1) is 12.7 Å². The van der Waals surface area contributed by atoms with Gasteiger partial charge in [0.25, 0.3) is 11.5 Å². The summed E-state index contributed by atoms with van der Waals surface area (Å²) < 4.78 is 64.6. The standard InChI is InChI=1S/C23H17F4N5O5/c1-11-28-10-32(29-11)15-4-3-14-18(33)30(5-6-31(14)19(15)34)9-22-12-7-17(37-23(25,26)27)13(24)8-16(12)36-21(22,2)20(22)35/h3-4,7-8,10H,5-6,9H2,1-2H3. The third-order valence-corrected chi connectivity index (χ3v) is 7.14. The van der Waals surface area contributed by atoms with Gasteiger partial charge in [0.2, 0.25) is 0 Å². The number of benzene rings is 1. The van der Waals surface area contributed by atoms with Crippen LogP contribution >= 0.6 is 0 Å². The summed E-state index contributed by atoms with van der Waals surface area (Å²) in [5.74, 6) is -3.04. The Bertz CT molecular complexity index is 1580. The second-order valence-electron chi connectivity index (χ2n) is 9.22. The molecule has 14 heteroatoms. The van der Waals surface area contributed by atoms with Gasteiger partial charge in [-0.25, -0.2) is 14.1 Å². The lowest BCUT2D eigenvalue weighted by Gasteiger charge is -2.32. The van der Waals surface area contributed by atoms with E-state index in [1.807, 2.05) is 0 Å². The number of alkyl halides is 3. The lowest BCUT2D eigenvalue weighted by molar-refractivity contribution is -0.275. The molecule has 6 rings (SSSR count). The molecule has 3 aliphatic rings. The van der Waals surface area contributed by atoms with E-state index in [0.29, 0.717) is 5.82 Å². The molecule has 3 aromatic rings. The molecule has 2 aliphatic heterocycles. The quantitative estimate of drug-likeness (QED) is 0.485. The van der Waals surface area contributed by atoms with E-state index in [1.165, 1.54) is 39.5 Å².